The molecule has 0 spiro atoms. The second kappa shape index (κ2) is 10.7. The molecule has 9 heteroatoms. The number of carbonyl (C=O) groups excluding carboxylic acids is 2. The van der Waals surface area contributed by atoms with Crippen molar-refractivity contribution in [2.45, 2.75) is 75.1 Å². The van der Waals surface area contributed by atoms with Gasteiger partial charge in [0.2, 0.25) is 10.0 Å². The van der Waals surface area contributed by atoms with Gasteiger partial charge in [-0.2, -0.15) is 4.31 Å². The lowest BCUT2D eigenvalue weighted by molar-refractivity contribution is -0.152. The SMILES string of the molecule is CCOC(=O)C1(NC(=O)c2ccc(OC)c(S(=O)(=O)N3CCCCCC3)c2)CCCCC1. The Bertz CT molecular complexity index is 916. The van der Waals surface area contributed by atoms with Crippen LogP contribution in [0.25, 0.3) is 0 Å². The van der Waals surface area contributed by atoms with Gasteiger partial charge in [-0.3, -0.25) is 4.79 Å². The van der Waals surface area contributed by atoms with Crippen LogP contribution in [-0.2, 0) is 19.6 Å². The van der Waals surface area contributed by atoms with Crippen LogP contribution in [0.3, 0.4) is 0 Å². The first kappa shape index (κ1) is 24.5. The van der Waals surface area contributed by atoms with E-state index in [2.05, 4.69) is 5.32 Å². The molecular formula is C23H34N2O6S. The minimum absolute atomic E-state index is 0.0246. The van der Waals surface area contributed by atoms with Crippen molar-refractivity contribution in [3.63, 3.8) is 0 Å². The first-order chi connectivity index (χ1) is 15.3. The topological polar surface area (TPSA) is 102 Å². The highest BCUT2D eigenvalue weighted by atomic mass is 32.2. The molecule has 2 fully saturated rings. The van der Waals surface area contributed by atoms with E-state index in [9.17, 15) is 18.0 Å². The number of benzene rings is 1. The molecule has 32 heavy (non-hydrogen) atoms. The Morgan fingerprint density at radius 2 is 1.66 bits per heavy atom. The van der Waals surface area contributed by atoms with Crippen molar-refractivity contribution in [3.8, 4) is 5.75 Å². The number of hydrogen-bond donors (Lipinski definition) is 1. The number of amides is 1. The highest BCUT2D eigenvalue weighted by Crippen LogP contribution is 2.32. The van der Waals surface area contributed by atoms with Gasteiger partial charge in [0.25, 0.3) is 5.91 Å². The standard InChI is InChI=1S/C23H34N2O6S/c1-3-31-22(27)23(13-7-6-8-14-23)24-21(26)18-11-12-19(30-2)20(17-18)32(28,29)25-15-9-4-5-10-16-25/h11-12,17H,3-10,13-16H2,1-2H3,(H,24,26). The number of hydrogen-bond acceptors (Lipinski definition) is 6. The predicted molar refractivity (Wildman–Crippen MR) is 120 cm³/mol. The lowest BCUT2D eigenvalue weighted by atomic mass is 9.81. The largest absolute Gasteiger partial charge is 0.495 e. The molecule has 1 aliphatic carbocycles. The summed E-state index contributed by atoms with van der Waals surface area (Å²) in [6.45, 7) is 2.87. The van der Waals surface area contributed by atoms with Gasteiger partial charge in [-0.15, -0.1) is 0 Å². The van der Waals surface area contributed by atoms with Crippen LogP contribution in [0, 0.1) is 0 Å². The lowest BCUT2D eigenvalue weighted by Crippen LogP contribution is -2.56. The molecule has 178 valence electrons. The van der Waals surface area contributed by atoms with Gasteiger partial charge in [-0.25, -0.2) is 13.2 Å². The third-order valence-corrected chi connectivity index (χ3v) is 8.25. The second-order valence-corrected chi connectivity index (χ2v) is 10.4. The maximum absolute atomic E-state index is 13.4. The molecule has 1 aliphatic heterocycles. The number of sulfonamides is 1. The predicted octanol–water partition coefficient (Wildman–Crippen LogP) is 3.26. The fraction of sp³-hybridized carbons (Fsp3) is 0.652. The van der Waals surface area contributed by atoms with Gasteiger partial charge < -0.3 is 14.8 Å². The number of esters is 1. The molecule has 0 aromatic heterocycles. The van der Waals surface area contributed by atoms with Crippen molar-refractivity contribution in [3.05, 3.63) is 23.8 Å². The van der Waals surface area contributed by atoms with Crippen molar-refractivity contribution >= 4 is 21.9 Å². The molecule has 2 aliphatic rings. The monoisotopic (exact) mass is 466 g/mol. The molecule has 1 aromatic carbocycles. The Morgan fingerprint density at radius 1 is 1.03 bits per heavy atom. The van der Waals surface area contributed by atoms with E-state index in [0.717, 1.165) is 44.9 Å². The van der Waals surface area contributed by atoms with Crippen LogP contribution in [0.15, 0.2) is 23.1 Å². The summed E-state index contributed by atoms with van der Waals surface area (Å²) in [4.78, 5) is 25.8. The van der Waals surface area contributed by atoms with Gasteiger partial charge >= 0.3 is 5.97 Å². The maximum Gasteiger partial charge on any atom is 0.331 e. The zero-order valence-electron chi connectivity index (χ0n) is 19.0. The summed E-state index contributed by atoms with van der Waals surface area (Å²) in [5.41, 5.74) is -0.900. The zero-order chi connectivity index (χ0) is 23.2. The fourth-order valence-electron chi connectivity index (χ4n) is 4.53. The molecule has 3 rings (SSSR count). The molecule has 0 bridgehead atoms. The van der Waals surface area contributed by atoms with Crippen LogP contribution in [0.1, 0.15) is 75.1 Å². The smallest absolute Gasteiger partial charge is 0.331 e. The second-order valence-electron chi connectivity index (χ2n) is 8.50. The Labute approximate surface area is 190 Å². The Kier molecular flexibility index (Phi) is 8.16. The van der Waals surface area contributed by atoms with Crippen LogP contribution >= 0.6 is 0 Å². The van der Waals surface area contributed by atoms with Crippen LogP contribution in [0.4, 0.5) is 0 Å². The number of ether oxygens (including phenoxy) is 2. The van der Waals surface area contributed by atoms with Crippen LogP contribution < -0.4 is 10.1 Å². The average Bonchev–Trinajstić information content (AvgIpc) is 3.09. The molecule has 1 amide bonds. The zero-order valence-corrected chi connectivity index (χ0v) is 19.8. The van der Waals surface area contributed by atoms with Crippen molar-refractivity contribution in [1.82, 2.24) is 9.62 Å². The first-order valence-electron chi connectivity index (χ1n) is 11.5. The lowest BCUT2D eigenvalue weighted by Gasteiger charge is -2.35. The summed E-state index contributed by atoms with van der Waals surface area (Å²) in [7, 11) is -2.41. The maximum atomic E-state index is 13.4. The van der Waals surface area contributed by atoms with Gasteiger partial charge in [0.15, 0.2) is 0 Å². The first-order valence-corrected chi connectivity index (χ1v) is 13.0. The van der Waals surface area contributed by atoms with Crippen LogP contribution in [-0.4, -0.2) is 56.9 Å². The normalized spacial score (nSPS) is 19.6. The summed E-state index contributed by atoms with van der Waals surface area (Å²) in [6.07, 6.45) is 7.26. The highest BCUT2D eigenvalue weighted by Gasteiger charge is 2.42. The van der Waals surface area contributed by atoms with E-state index in [1.54, 1.807) is 6.92 Å². The molecule has 1 aromatic rings. The van der Waals surface area contributed by atoms with Crippen LogP contribution in [0.5, 0.6) is 5.75 Å². The minimum atomic E-state index is -3.82. The molecule has 0 unspecified atom stereocenters. The van der Waals surface area contributed by atoms with Crippen molar-refractivity contribution in [2.24, 2.45) is 0 Å². The number of carbonyl (C=O) groups is 2. The summed E-state index contributed by atoms with van der Waals surface area (Å²) >= 11 is 0. The van der Waals surface area contributed by atoms with E-state index in [4.69, 9.17) is 9.47 Å². The van der Waals surface area contributed by atoms with E-state index in [-0.39, 0.29) is 22.8 Å². The fourth-order valence-corrected chi connectivity index (χ4v) is 6.23. The van der Waals surface area contributed by atoms with E-state index < -0.39 is 27.4 Å². The third kappa shape index (κ3) is 5.26. The van der Waals surface area contributed by atoms with E-state index in [1.165, 1.54) is 29.6 Å². The Morgan fingerprint density at radius 3 is 2.25 bits per heavy atom. The molecule has 1 saturated heterocycles. The number of rotatable bonds is 7. The van der Waals surface area contributed by atoms with E-state index >= 15 is 0 Å². The molecule has 1 heterocycles. The van der Waals surface area contributed by atoms with Crippen molar-refractivity contribution in [2.75, 3.05) is 26.8 Å². The van der Waals surface area contributed by atoms with Gasteiger partial charge in [0, 0.05) is 18.7 Å². The minimum Gasteiger partial charge on any atom is -0.495 e. The molecule has 1 saturated carbocycles. The van der Waals surface area contributed by atoms with Crippen LogP contribution in [0.2, 0.25) is 0 Å². The summed E-state index contributed by atoms with van der Waals surface area (Å²) < 4.78 is 38.8. The molecule has 0 radical (unpaired) electrons. The molecule has 0 atom stereocenters. The average molecular weight is 467 g/mol. The van der Waals surface area contributed by atoms with Gasteiger partial charge in [0.1, 0.15) is 16.2 Å². The summed E-state index contributed by atoms with van der Waals surface area (Å²) in [6, 6.07) is 4.38. The number of nitrogens with zero attached hydrogens (tertiary/aromatic N) is 1. The molecule has 8 nitrogen and oxygen atoms in total. The highest BCUT2D eigenvalue weighted by molar-refractivity contribution is 7.89. The Balaban J connectivity index is 1.91. The van der Waals surface area contributed by atoms with E-state index in [1.807, 2.05) is 0 Å². The van der Waals surface area contributed by atoms with Crippen molar-refractivity contribution in [1.29, 1.82) is 0 Å². The van der Waals surface area contributed by atoms with Gasteiger partial charge in [-0.05, 0) is 50.8 Å². The summed E-state index contributed by atoms with van der Waals surface area (Å²) in [5, 5.41) is 2.88. The molecular weight excluding hydrogens is 432 g/mol. The van der Waals surface area contributed by atoms with Crippen molar-refractivity contribution < 1.29 is 27.5 Å². The van der Waals surface area contributed by atoms with Gasteiger partial charge in [0.05, 0.1) is 13.7 Å². The van der Waals surface area contributed by atoms with Gasteiger partial charge in [-0.1, -0.05) is 32.1 Å². The Hall–Kier alpha value is -2.13. The van der Waals surface area contributed by atoms with E-state index in [0.29, 0.717) is 25.9 Å². The number of nitrogens with one attached hydrogen (secondary N) is 1. The number of methoxy groups -OCH3 is 1. The quantitative estimate of drug-likeness (QED) is 0.619. The molecule has 1 N–H and O–H groups in total. The third-order valence-electron chi connectivity index (χ3n) is 6.33. The summed E-state index contributed by atoms with van der Waals surface area (Å²) in [5.74, 6) is -0.725.